The minimum Gasteiger partial charge on any atom is -0.228 e. The van der Waals surface area contributed by atoms with E-state index in [2.05, 4.69) is 46.3 Å². The van der Waals surface area contributed by atoms with Gasteiger partial charge in [0, 0.05) is 15.1 Å². The summed E-state index contributed by atoms with van der Waals surface area (Å²) in [6.07, 6.45) is 0. The van der Waals surface area contributed by atoms with Crippen LogP contribution in [0.4, 0.5) is 0 Å². The average Bonchev–Trinajstić information content (AvgIpc) is 3.11. The monoisotopic (exact) mass is 473 g/mol. The first-order valence-electron chi connectivity index (χ1n) is 9.58. The first-order chi connectivity index (χ1) is 14.6. The van der Waals surface area contributed by atoms with Crippen molar-refractivity contribution in [1.82, 2.24) is 14.8 Å². The van der Waals surface area contributed by atoms with Gasteiger partial charge in [-0.2, -0.15) is 5.10 Å². The zero-order valence-electron chi connectivity index (χ0n) is 16.2. The Hall–Kier alpha value is -2.95. The van der Waals surface area contributed by atoms with E-state index >= 15 is 0 Å². The van der Waals surface area contributed by atoms with Gasteiger partial charge in [0.25, 0.3) is 0 Å². The number of hydrogen-bond acceptors (Lipinski definition) is 2. The maximum atomic E-state index is 6.11. The second kappa shape index (κ2) is 7.71. The smallest absolute Gasteiger partial charge is 0.164 e. The largest absolute Gasteiger partial charge is 0.228 e. The summed E-state index contributed by atoms with van der Waals surface area (Å²) in [6.45, 7) is 2.04. The highest BCUT2D eigenvalue weighted by atomic mass is 79.9. The molecule has 0 saturated heterocycles. The molecule has 0 saturated carbocycles. The van der Waals surface area contributed by atoms with E-state index in [4.69, 9.17) is 21.7 Å². The molecule has 0 aliphatic rings. The predicted octanol–water partition coefficient (Wildman–Crippen LogP) is 7.48. The Morgan fingerprint density at radius 2 is 1.50 bits per heavy atom. The molecular weight excluding hydrogens is 458 g/mol. The topological polar surface area (TPSA) is 30.7 Å². The van der Waals surface area contributed by atoms with Gasteiger partial charge < -0.3 is 0 Å². The summed E-state index contributed by atoms with van der Waals surface area (Å²) in [6, 6.07) is 28.4. The molecule has 2 aromatic heterocycles. The molecule has 0 aliphatic heterocycles. The van der Waals surface area contributed by atoms with Gasteiger partial charge in [-0.15, -0.1) is 0 Å². The van der Waals surface area contributed by atoms with Crippen molar-refractivity contribution < 1.29 is 0 Å². The molecule has 146 valence electrons. The number of aryl methyl sites for hydroxylation is 1. The van der Waals surface area contributed by atoms with Crippen molar-refractivity contribution in [3.8, 4) is 28.1 Å². The molecule has 30 heavy (non-hydrogen) atoms. The summed E-state index contributed by atoms with van der Waals surface area (Å²) in [5, 5.41) is 6.60. The normalized spacial score (nSPS) is 11.2. The summed E-state index contributed by atoms with van der Waals surface area (Å²) in [7, 11) is 0. The van der Waals surface area contributed by atoms with Crippen LogP contribution in [0.3, 0.4) is 0 Å². The molecule has 5 heteroatoms. The third-order valence-electron chi connectivity index (χ3n) is 5.11. The fourth-order valence-electron chi connectivity index (χ4n) is 3.66. The van der Waals surface area contributed by atoms with E-state index in [9.17, 15) is 0 Å². The molecule has 0 atom stereocenters. The predicted molar refractivity (Wildman–Crippen MR) is 127 cm³/mol. The second-order valence-corrected chi connectivity index (χ2v) is 8.45. The number of pyridine rings is 1. The Balaban J connectivity index is 1.83. The lowest BCUT2D eigenvalue weighted by atomic mass is 9.99. The van der Waals surface area contributed by atoms with Crippen LogP contribution in [0.1, 0.15) is 5.69 Å². The first kappa shape index (κ1) is 19.0. The molecule has 2 heterocycles. The van der Waals surface area contributed by atoms with Gasteiger partial charge in [-0.25, -0.2) is 9.67 Å². The van der Waals surface area contributed by atoms with E-state index in [1.165, 1.54) is 0 Å². The van der Waals surface area contributed by atoms with E-state index in [-0.39, 0.29) is 0 Å². The van der Waals surface area contributed by atoms with Crippen LogP contribution in [-0.2, 0) is 0 Å². The number of benzene rings is 3. The summed E-state index contributed by atoms with van der Waals surface area (Å²) in [5.41, 5.74) is 6.89. The summed E-state index contributed by atoms with van der Waals surface area (Å²) in [4.78, 5) is 5.02. The van der Waals surface area contributed by atoms with Gasteiger partial charge in [-0.1, -0.05) is 70.0 Å². The van der Waals surface area contributed by atoms with E-state index in [0.29, 0.717) is 5.02 Å². The fraction of sp³-hybridized carbons (Fsp3) is 0.0400. The minimum absolute atomic E-state index is 0.707. The maximum Gasteiger partial charge on any atom is 0.164 e. The molecule has 3 aromatic carbocycles. The van der Waals surface area contributed by atoms with E-state index in [1.54, 1.807) is 0 Å². The molecule has 3 nitrogen and oxygen atoms in total. The van der Waals surface area contributed by atoms with Gasteiger partial charge in [0.1, 0.15) is 0 Å². The van der Waals surface area contributed by atoms with Crippen LogP contribution >= 0.6 is 27.5 Å². The quantitative estimate of drug-likeness (QED) is 0.271. The molecule has 0 radical (unpaired) electrons. The van der Waals surface area contributed by atoms with Gasteiger partial charge in [-0.3, -0.25) is 0 Å². The fourth-order valence-corrected chi connectivity index (χ4v) is 4.05. The maximum absolute atomic E-state index is 6.11. The van der Waals surface area contributed by atoms with Crippen LogP contribution in [0.15, 0.2) is 89.4 Å². The highest BCUT2D eigenvalue weighted by Crippen LogP contribution is 2.35. The Morgan fingerprint density at radius 3 is 2.20 bits per heavy atom. The molecule has 0 bridgehead atoms. The van der Waals surface area contributed by atoms with Gasteiger partial charge in [0.05, 0.1) is 22.5 Å². The lowest BCUT2D eigenvalue weighted by Crippen LogP contribution is -1.98. The van der Waals surface area contributed by atoms with Crippen molar-refractivity contribution in [2.24, 2.45) is 0 Å². The standard InChI is InChI=1S/C25H17BrClN3/c1-16-24-22(17-7-11-19(26)12-8-17)15-23(18-9-13-20(27)14-10-18)28-25(24)30(29-16)21-5-3-2-4-6-21/h2-15H,1H3. The molecule has 5 aromatic rings. The zero-order chi connectivity index (χ0) is 20.7. The second-order valence-electron chi connectivity index (χ2n) is 7.10. The Kier molecular flexibility index (Phi) is 4.89. The lowest BCUT2D eigenvalue weighted by Gasteiger charge is -2.10. The van der Waals surface area contributed by atoms with Crippen molar-refractivity contribution >= 4 is 38.6 Å². The van der Waals surface area contributed by atoms with Crippen LogP contribution in [0.25, 0.3) is 39.1 Å². The van der Waals surface area contributed by atoms with Gasteiger partial charge in [-0.05, 0) is 60.5 Å². The van der Waals surface area contributed by atoms with Crippen molar-refractivity contribution in [2.75, 3.05) is 0 Å². The third-order valence-corrected chi connectivity index (χ3v) is 5.89. The molecule has 0 fully saturated rings. The first-order valence-corrected chi connectivity index (χ1v) is 10.7. The summed E-state index contributed by atoms with van der Waals surface area (Å²) >= 11 is 9.64. The SMILES string of the molecule is Cc1nn(-c2ccccc2)c2nc(-c3ccc(Cl)cc3)cc(-c3ccc(Br)cc3)c12. The Labute approximate surface area is 188 Å². The van der Waals surface area contributed by atoms with Crippen LogP contribution < -0.4 is 0 Å². The highest BCUT2D eigenvalue weighted by Gasteiger charge is 2.18. The zero-order valence-corrected chi connectivity index (χ0v) is 18.5. The van der Waals surface area contributed by atoms with Crippen LogP contribution in [0, 0.1) is 6.92 Å². The molecule has 5 rings (SSSR count). The number of halogens is 2. The van der Waals surface area contributed by atoms with E-state index in [1.807, 2.05) is 66.2 Å². The highest BCUT2D eigenvalue weighted by molar-refractivity contribution is 9.10. The van der Waals surface area contributed by atoms with Crippen molar-refractivity contribution in [3.63, 3.8) is 0 Å². The summed E-state index contributed by atoms with van der Waals surface area (Å²) < 4.78 is 2.97. The van der Waals surface area contributed by atoms with Crippen molar-refractivity contribution in [3.05, 3.63) is 100 Å². The number of fused-ring (bicyclic) bond motifs is 1. The Bertz CT molecular complexity index is 1340. The molecule has 0 amide bonds. The van der Waals surface area contributed by atoms with E-state index < -0.39 is 0 Å². The van der Waals surface area contributed by atoms with Gasteiger partial charge >= 0.3 is 0 Å². The van der Waals surface area contributed by atoms with Crippen molar-refractivity contribution in [1.29, 1.82) is 0 Å². The number of nitrogens with zero attached hydrogens (tertiary/aromatic N) is 3. The third kappa shape index (κ3) is 3.42. The lowest BCUT2D eigenvalue weighted by molar-refractivity contribution is 0.878. The molecule has 0 spiro atoms. The summed E-state index contributed by atoms with van der Waals surface area (Å²) in [5.74, 6) is 0. The Morgan fingerprint density at radius 1 is 0.833 bits per heavy atom. The van der Waals surface area contributed by atoms with E-state index in [0.717, 1.165) is 49.3 Å². The van der Waals surface area contributed by atoms with Gasteiger partial charge in [0.15, 0.2) is 5.65 Å². The van der Waals surface area contributed by atoms with Crippen LogP contribution in [0.2, 0.25) is 5.02 Å². The minimum atomic E-state index is 0.707. The van der Waals surface area contributed by atoms with Crippen LogP contribution in [-0.4, -0.2) is 14.8 Å². The number of rotatable bonds is 3. The molecule has 0 N–H and O–H groups in total. The number of hydrogen-bond donors (Lipinski definition) is 0. The van der Waals surface area contributed by atoms with Crippen molar-refractivity contribution in [2.45, 2.75) is 6.92 Å². The van der Waals surface area contributed by atoms with Crippen LogP contribution in [0.5, 0.6) is 0 Å². The number of aromatic nitrogens is 3. The molecular formula is C25H17BrClN3. The number of para-hydroxylation sites is 1. The average molecular weight is 475 g/mol. The molecule has 0 unspecified atom stereocenters. The van der Waals surface area contributed by atoms with Gasteiger partial charge in [0.2, 0.25) is 0 Å². The molecule has 0 aliphatic carbocycles.